The maximum Gasteiger partial charge on any atom is 0.335 e. The lowest BCUT2D eigenvalue weighted by Gasteiger charge is -2.40. The summed E-state index contributed by atoms with van der Waals surface area (Å²) >= 11 is 0. The molecule has 0 spiro atoms. The Hall–Kier alpha value is -3.84. The molecule has 466 valence electrons. The molecule has 12 heteroatoms. The predicted molar refractivity (Wildman–Crippen MR) is 331 cm³/mol. The summed E-state index contributed by atoms with van der Waals surface area (Å²) in [7, 11) is 0. The summed E-state index contributed by atoms with van der Waals surface area (Å²) in [5.74, 6) is -3.13. The van der Waals surface area contributed by atoms with Gasteiger partial charge in [0.25, 0.3) is 0 Å². The molecule has 1 heterocycles. The highest BCUT2D eigenvalue weighted by atomic mass is 16.7. The summed E-state index contributed by atoms with van der Waals surface area (Å²) in [4.78, 5) is 51.4. The van der Waals surface area contributed by atoms with Crippen LogP contribution in [0, 0.1) is 0 Å². The topological polar surface area (TPSA) is 175 Å². The van der Waals surface area contributed by atoms with E-state index in [4.69, 9.17) is 23.7 Å². The minimum Gasteiger partial charge on any atom is -0.479 e. The van der Waals surface area contributed by atoms with Gasteiger partial charge in [-0.1, -0.05) is 254 Å². The van der Waals surface area contributed by atoms with Crippen molar-refractivity contribution in [2.75, 3.05) is 13.2 Å². The van der Waals surface area contributed by atoms with Crippen molar-refractivity contribution in [3.63, 3.8) is 0 Å². The highest BCUT2D eigenvalue weighted by molar-refractivity contribution is 5.74. The fourth-order valence-electron chi connectivity index (χ4n) is 9.74. The first-order chi connectivity index (χ1) is 39.6. The fraction of sp³-hybridized carbons (Fsp3) is 0.768. The van der Waals surface area contributed by atoms with E-state index in [2.05, 4.69) is 93.7 Å². The van der Waals surface area contributed by atoms with Crippen molar-refractivity contribution >= 4 is 23.9 Å². The first-order valence-electron chi connectivity index (χ1n) is 32.9. The fourth-order valence-corrected chi connectivity index (χ4v) is 9.74. The number of allylic oxidation sites excluding steroid dienone is 12. The van der Waals surface area contributed by atoms with Gasteiger partial charge in [-0.3, -0.25) is 14.4 Å². The number of carboxylic acid groups (broad SMARTS) is 1. The summed E-state index contributed by atoms with van der Waals surface area (Å²) in [6, 6.07) is 0. The Balaban J connectivity index is 2.66. The third-order valence-corrected chi connectivity index (χ3v) is 14.8. The molecule has 0 saturated carbocycles. The van der Waals surface area contributed by atoms with E-state index in [-0.39, 0.29) is 25.9 Å². The summed E-state index contributed by atoms with van der Waals surface area (Å²) in [6.45, 7) is 5.88. The van der Waals surface area contributed by atoms with E-state index >= 15 is 0 Å². The number of hydrogen-bond donors (Lipinski definition) is 3. The monoisotopic (exact) mass is 1140 g/mol. The van der Waals surface area contributed by atoms with Crippen molar-refractivity contribution in [3.8, 4) is 0 Å². The zero-order valence-electron chi connectivity index (χ0n) is 51.5. The summed E-state index contributed by atoms with van der Waals surface area (Å²) in [6.07, 6.45) is 59.9. The van der Waals surface area contributed by atoms with E-state index in [1.807, 2.05) is 0 Å². The van der Waals surface area contributed by atoms with E-state index in [1.165, 1.54) is 109 Å². The number of hydrogen-bond acceptors (Lipinski definition) is 11. The third kappa shape index (κ3) is 46.3. The number of esters is 3. The van der Waals surface area contributed by atoms with Crippen LogP contribution in [0.25, 0.3) is 0 Å². The number of rotatable bonds is 56. The second kappa shape index (κ2) is 56.6. The van der Waals surface area contributed by atoms with Crippen LogP contribution in [0.4, 0.5) is 0 Å². The van der Waals surface area contributed by atoms with Gasteiger partial charge in [0.2, 0.25) is 0 Å². The number of carbonyl (C=O) groups is 4. The molecular formula is C69H118O12. The van der Waals surface area contributed by atoms with Crippen molar-refractivity contribution < 1.29 is 58.2 Å². The van der Waals surface area contributed by atoms with Crippen LogP contribution >= 0.6 is 0 Å². The molecule has 6 atom stereocenters. The molecule has 3 N–H and O–H groups in total. The lowest BCUT2D eigenvalue weighted by Crippen LogP contribution is -2.61. The molecule has 0 amide bonds. The maximum absolute atomic E-state index is 13.2. The van der Waals surface area contributed by atoms with E-state index in [0.717, 1.165) is 122 Å². The van der Waals surface area contributed by atoms with Crippen LogP contribution in [-0.2, 0) is 42.9 Å². The van der Waals surface area contributed by atoms with Gasteiger partial charge >= 0.3 is 23.9 Å². The number of aliphatic carboxylic acids is 1. The van der Waals surface area contributed by atoms with Crippen molar-refractivity contribution in [3.05, 3.63) is 72.9 Å². The molecule has 0 aromatic rings. The lowest BCUT2D eigenvalue weighted by molar-refractivity contribution is -0.301. The molecule has 1 aliphatic rings. The normalized spacial score (nSPS) is 18.2. The Kier molecular flexibility index (Phi) is 52.6. The molecule has 1 fully saturated rings. The highest BCUT2D eigenvalue weighted by Crippen LogP contribution is 2.27. The molecule has 6 unspecified atom stereocenters. The summed E-state index contributed by atoms with van der Waals surface area (Å²) in [5, 5.41) is 31.6. The van der Waals surface area contributed by atoms with Gasteiger partial charge in [-0.2, -0.15) is 0 Å². The van der Waals surface area contributed by atoms with Crippen molar-refractivity contribution in [2.24, 2.45) is 0 Å². The number of carboxylic acids is 1. The molecule has 0 radical (unpaired) electrons. The average Bonchev–Trinajstić information content (AvgIpc) is 3.54. The van der Waals surface area contributed by atoms with Crippen molar-refractivity contribution in [1.82, 2.24) is 0 Å². The first kappa shape index (κ1) is 75.2. The third-order valence-electron chi connectivity index (χ3n) is 14.8. The average molecular weight is 1140 g/mol. The van der Waals surface area contributed by atoms with Crippen LogP contribution in [0.2, 0.25) is 0 Å². The lowest BCUT2D eigenvalue weighted by atomic mass is 9.98. The molecular weight excluding hydrogens is 1020 g/mol. The Morgan fingerprint density at radius 3 is 1.21 bits per heavy atom. The van der Waals surface area contributed by atoms with Gasteiger partial charge in [-0.25, -0.2) is 4.79 Å². The zero-order valence-corrected chi connectivity index (χ0v) is 51.5. The van der Waals surface area contributed by atoms with Crippen LogP contribution in [0.3, 0.4) is 0 Å². The number of unbranched alkanes of at least 4 members (excludes halogenated alkanes) is 30. The zero-order chi connectivity index (χ0) is 58.9. The SMILES string of the molecule is CC/C=C\C/C=C\C/C=C\C/C=C\CCCCCCCCC(=O)OC1C(OCC(COC(=O)CCCCCCCCC/C=C\C/C=C\CCCCC)OC(=O)CCCCCCCCCCCCCCCCC)OC(C(=O)O)C(O)C1O. The molecule has 1 aliphatic heterocycles. The quantitative estimate of drug-likeness (QED) is 0.0228. The predicted octanol–water partition coefficient (Wildman–Crippen LogP) is 17.7. The molecule has 1 saturated heterocycles. The molecule has 0 aliphatic carbocycles. The minimum absolute atomic E-state index is 0.0431. The van der Waals surface area contributed by atoms with E-state index in [1.54, 1.807) is 0 Å². The number of aliphatic hydroxyl groups excluding tert-OH is 2. The molecule has 0 aromatic carbocycles. The highest BCUT2D eigenvalue weighted by Gasteiger charge is 2.50. The van der Waals surface area contributed by atoms with Crippen LogP contribution in [0.1, 0.15) is 290 Å². The Labute approximate surface area is 493 Å². The molecule has 12 nitrogen and oxygen atoms in total. The largest absolute Gasteiger partial charge is 0.479 e. The summed E-state index contributed by atoms with van der Waals surface area (Å²) in [5.41, 5.74) is 0. The molecule has 81 heavy (non-hydrogen) atoms. The van der Waals surface area contributed by atoms with E-state index in [0.29, 0.717) is 19.3 Å². The summed E-state index contributed by atoms with van der Waals surface area (Å²) < 4.78 is 28.5. The Morgan fingerprint density at radius 1 is 0.420 bits per heavy atom. The second-order valence-electron chi connectivity index (χ2n) is 22.4. The van der Waals surface area contributed by atoms with Gasteiger partial charge in [0.1, 0.15) is 18.8 Å². The van der Waals surface area contributed by atoms with E-state index in [9.17, 15) is 34.5 Å². The number of aliphatic hydroxyl groups is 2. The van der Waals surface area contributed by atoms with Gasteiger partial charge in [0, 0.05) is 19.3 Å². The number of carbonyl (C=O) groups excluding carboxylic acids is 3. The van der Waals surface area contributed by atoms with Crippen LogP contribution in [0.5, 0.6) is 0 Å². The first-order valence-corrected chi connectivity index (χ1v) is 32.9. The Bertz CT molecular complexity index is 1680. The molecule has 0 aromatic heterocycles. The van der Waals surface area contributed by atoms with Crippen molar-refractivity contribution in [2.45, 2.75) is 327 Å². The Morgan fingerprint density at radius 2 is 0.778 bits per heavy atom. The molecule has 1 rings (SSSR count). The van der Waals surface area contributed by atoms with Crippen LogP contribution < -0.4 is 0 Å². The van der Waals surface area contributed by atoms with Crippen molar-refractivity contribution in [1.29, 1.82) is 0 Å². The van der Waals surface area contributed by atoms with Crippen LogP contribution in [0.15, 0.2) is 72.9 Å². The van der Waals surface area contributed by atoms with Gasteiger partial charge in [0.15, 0.2) is 24.6 Å². The smallest absolute Gasteiger partial charge is 0.335 e. The maximum atomic E-state index is 13.2. The van der Waals surface area contributed by atoms with Gasteiger partial charge in [-0.15, -0.1) is 0 Å². The van der Waals surface area contributed by atoms with E-state index < -0.39 is 67.3 Å². The minimum atomic E-state index is -1.91. The number of ether oxygens (including phenoxy) is 5. The van der Waals surface area contributed by atoms with Crippen LogP contribution in [-0.4, -0.2) is 89.2 Å². The van der Waals surface area contributed by atoms with Gasteiger partial charge in [0.05, 0.1) is 6.61 Å². The van der Waals surface area contributed by atoms with Gasteiger partial charge < -0.3 is 39.0 Å². The second-order valence-corrected chi connectivity index (χ2v) is 22.4. The van der Waals surface area contributed by atoms with Gasteiger partial charge in [-0.05, 0) is 89.9 Å². The molecule has 0 bridgehead atoms. The standard InChI is InChI=1S/C69H118O12/c1-4-7-10-13-16-19-22-25-28-30-31-33-36-39-42-45-48-51-54-57-63(72)80-67-65(74)64(73)66(68(75)76)81-69(67)78-59-60(79-62(71)56-53-50-47-44-41-38-34-27-24-21-18-15-12-9-6-3)58-77-61(70)55-52-49-46-43-40-37-35-32-29-26-23-20-17-14-11-8-5-2/h7,10,16-17,19-20,25-26,28-29,31,33,60,64-67,69,73-74H,4-6,8-9,11-15,18,21-24,27,30,32,34-59H2,1-3H3,(H,75,76)/b10-7-,19-16-,20-17-,28-25-,29-26-,33-31-.